The predicted molar refractivity (Wildman–Crippen MR) is 93.0 cm³/mol. The molecule has 0 radical (unpaired) electrons. The van der Waals surface area contributed by atoms with Crippen molar-refractivity contribution in [1.82, 2.24) is 20.1 Å². The summed E-state index contributed by atoms with van der Waals surface area (Å²) in [6.45, 7) is 0. The summed E-state index contributed by atoms with van der Waals surface area (Å²) in [5, 5.41) is 4.27. The fraction of sp³-hybridized carbons (Fsp3) is 0. The van der Waals surface area contributed by atoms with Gasteiger partial charge >= 0.3 is 0 Å². The largest absolute Gasteiger partial charge is 0.333 e. The number of rotatable bonds is 3. The highest BCUT2D eigenvalue weighted by atomic mass is 35.5. The fourth-order valence-corrected chi connectivity index (χ4v) is 2.45. The van der Waals surface area contributed by atoms with Crippen LogP contribution in [0.25, 0.3) is 33.5 Å². The Hall–Kier alpha value is -3.05. The third-order valence-electron chi connectivity index (χ3n) is 3.40. The molecule has 0 amide bonds. The van der Waals surface area contributed by atoms with E-state index in [0.717, 1.165) is 16.6 Å². The summed E-state index contributed by atoms with van der Waals surface area (Å²) in [7, 11) is 0. The average Bonchev–Trinajstić information content (AvgIpc) is 3.13. The summed E-state index contributed by atoms with van der Waals surface area (Å²) in [5.41, 5.74) is 3.11. The Kier molecular flexibility index (Phi) is 3.76. The summed E-state index contributed by atoms with van der Waals surface area (Å²) in [5.74, 6) is 0.729. The van der Waals surface area contributed by atoms with Gasteiger partial charge in [-0.15, -0.1) is 0 Å². The van der Waals surface area contributed by atoms with Crippen LogP contribution in [0.1, 0.15) is 11.6 Å². The van der Waals surface area contributed by atoms with Crippen LogP contribution in [0, 0.1) is 0 Å². The molecule has 0 N–H and O–H groups in total. The van der Waals surface area contributed by atoms with Crippen molar-refractivity contribution in [3.8, 4) is 11.4 Å². The molecule has 0 atom stereocenters. The summed E-state index contributed by atoms with van der Waals surface area (Å²) in [4.78, 5) is 13.2. The highest BCUT2D eigenvalue weighted by Gasteiger charge is 2.11. The number of benzene rings is 2. The van der Waals surface area contributed by atoms with Crippen molar-refractivity contribution in [2.75, 3.05) is 0 Å². The summed E-state index contributed by atoms with van der Waals surface area (Å²) >= 11 is 6.29. The zero-order valence-electron chi connectivity index (χ0n) is 12.4. The molecular formula is C18H11ClN4O. The molecule has 2 aromatic heterocycles. The first-order chi connectivity index (χ1) is 11.8. The molecule has 5 nitrogen and oxygen atoms in total. The molecule has 0 saturated heterocycles. The smallest absolute Gasteiger partial charge is 0.269 e. The summed E-state index contributed by atoms with van der Waals surface area (Å²) in [6, 6.07) is 17.2. The molecule has 116 valence electrons. The normalized spacial score (nSPS) is 11.8. The van der Waals surface area contributed by atoms with Gasteiger partial charge in [0.2, 0.25) is 5.82 Å². The number of para-hydroxylation sites is 2. The van der Waals surface area contributed by atoms with Crippen LogP contribution in [0.4, 0.5) is 0 Å². The minimum atomic E-state index is 0.241. The quantitative estimate of drug-likeness (QED) is 0.555. The van der Waals surface area contributed by atoms with Crippen LogP contribution < -0.4 is 0 Å². The fourth-order valence-electron chi connectivity index (χ4n) is 2.26. The first-order valence-corrected chi connectivity index (χ1v) is 7.66. The van der Waals surface area contributed by atoms with E-state index < -0.39 is 0 Å². The first kappa shape index (κ1) is 14.5. The van der Waals surface area contributed by atoms with Crippen molar-refractivity contribution >= 4 is 33.7 Å². The van der Waals surface area contributed by atoms with Gasteiger partial charge in [0, 0.05) is 5.56 Å². The molecule has 0 bridgehead atoms. The number of aromatic nitrogens is 4. The maximum atomic E-state index is 6.29. The van der Waals surface area contributed by atoms with E-state index in [0.29, 0.717) is 16.6 Å². The second-order valence-corrected chi connectivity index (χ2v) is 5.47. The van der Waals surface area contributed by atoms with Crippen molar-refractivity contribution in [2.45, 2.75) is 0 Å². The maximum Gasteiger partial charge on any atom is 0.269 e. The van der Waals surface area contributed by atoms with Crippen LogP contribution in [0.5, 0.6) is 0 Å². The molecule has 0 aliphatic carbocycles. The Balaban J connectivity index is 1.66. The topological polar surface area (TPSA) is 64.7 Å². The number of fused-ring (bicyclic) bond motifs is 1. The lowest BCUT2D eigenvalue weighted by atomic mass is 10.2. The second-order valence-electron chi connectivity index (χ2n) is 5.07. The van der Waals surface area contributed by atoms with Gasteiger partial charge in [-0.2, -0.15) is 4.98 Å². The number of hydrogen-bond donors (Lipinski definition) is 0. The molecular weight excluding hydrogens is 324 g/mol. The van der Waals surface area contributed by atoms with Crippen molar-refractivity contribution in [2.24, 2.45) is 0 Å². The monoisotopic (exact) mass is 334 g/mol. The Morgan fingerprint density at radius 1 is 0.917 bits per heavy atom. The lowest BCUT2D eigenvalue weighted by Gasteiger charge is -1.98. The molecule has 0 saturated carbocycles. The van der Waals surface area contributed by atoms with E-state index in [1.54, 1.807) is 12.3 Å². The van der Waals surface area contributed by atoms with Crippen molar-refractivity contribution < 1.29 is 4.52 Å². The molecule has 0 aliphatic rings. The van der Waals surface area contributed by atoms with Gasteiger partial charge in [0.15, 0.2) is 0 Å². The molecule has 4 aromatic rings. The van der Waals surface area contributed by atoms with Crippen molar-refractivity contribution in [1.29, 1.82) is 0 Å². The van der Waals surface area contributed by atoms with Crippen LogP contribution in [0.3, 0.4) is 0 Å². The van der Waals surface area contributed by atoms with Crippen molar-refractivity contribution in [3.63, 3.8) is 0 Å². The Morgan fingerprint density at radius 3 is 2.50 bits per heavy atom. The Morgan fingerprint density at radius 2 is 1.67 bits per heavy atom. The minimum absolute atomic E-state index is 0.241. The highest BCUT2D eigenvalue weighted by Crippen LogP contribution is 2.23. The van der Waals surface area contributed by atoms with Gasteiger partial charge in [0.25, 0.3) is 5.89 Å². The first-order valence-electron chi connectivity index (χ1n) is 7.28. The zero-order chi connectivity index (χ0) is 16.4. The van der Waals surface area contributed by atoms with E-state index >= 15 is 0 Å². The minimum Gasteiger partial charge on any atom is -0.333 e. The molecule has 0 spiro atoms. The number of halogens is 1. The number of hydrogen-bond acceptors (Lipinski definition) is 5. The third-order valence-corrected chi connectivity index (χ3v) is 3.67. The van der Waals surface area contributed by atoms with E-state index in [4.69, 9.17) is 16.1 Å². The van der Waals surface area contributed by atoms with Gasteiger partial charge in [-0.1, -0.05) is 59.2 Å². The SMILES string of the molecule is Cl/C(=C\c1cnc2ccccc2n1)c1nc(-c2ccccc2)no1. The van der Waals surface area contributed by atoms with Crippen LogP contribution >= 0.6 is 11.6 Å². The Bertz CT molecular complexity index is 1030. The predicted octanol–water partition coefficient (Wildman–Crippen LogP) is 4.42. The van der Waals surface area contributed by atoms with Crippen LogP contribution in [-0.4, -0.2) is 20.1 Å². The maximum absolute atomic E-state index is 6.29. The lowest BCUT2D eigenvalue weighted by molar-refractivity contribution is 0.410. The highest BCUT2D eigenvalue weighted by molar-refractivity contribution is 6.50. The van der Waals surface area contributed by atoms with Crippen LogP contribution in [-0.2, 0) is 0 Å². The molecule has 24 heavy (non-hydrogen) atoms. The van der Waals surface area contributed by atoms with Gasteiger partial charge in [-0.25, -0.2) is 4.98 Å². The van der Waals surface area contributed by atoms with E-state index in [-0.39, 0.29) is 5.89 Å². The molecule has 2 heterocycles. The van der Waals surface area contributed by atoms with Gasteiger partial charge < -0.3 is 4.52 Å². The third kappa shape index (κ3) is 2.89. The van der Waals surface area contributed by atoms with E-state index in [2.05, 4.69) is 20.1 Å². The van der Waals surface area contributed by atoms with Crippen LogP contribution in [0.15, 0.2) is 65.3 Å². The molecule has 2 aromatic carbocycles. The second kappa shape index (κ2) is 6.22. The molecule has 0 fully saturated rings. The molecule has 6 heteroatoms. The number of nitrogens with zero attached hydrogens (tertiary/aromatic N) is 4. The van der Waals surface area contributed by atoms with Gasteiger partial charge in [0.05, 0.1) is 22.9 Å². The summed E-state index contributed by atoms with van der Waals surface area (Å²) < 4.78 is 5.23. The Labute approximate surface area is 142 Å². The van der Waals surface area contributed by atoms with E-state index in [9.17, 15) is 0 Å². The van der Waals surface area contributed by atoms with Gasteiger partial charge in [0.1, 0.15) is 5.03 Å². The summed E-state index contributed by atoms with van der Waals surface area (Å²) in [6.07, 6.45) is 3.31. The lowest BCUT2D eigenvalue weighted by Crippen LogP contribution is -1.87. The van der Waals surface area contributed by atoms with E-state index in [1.165, 1.54) is 0 Å². The standard InChI is InChI=1S/C18H11ClN4O/c19-14(10-13-11-20-15-8-4-5-9-16(15)21-13)18-22-17(23-24-18)12-6-2-1-3-7-12/h1-11H/b14-10-. The molecule has 0 aliphatic heterocycles. The van der Waals surface area contributed by atoms with Gasteiger partial charge in [-0.05, 0) is 18.2 Å². The van der Waals surface area contributed by atoms with E-state index in [1.807, 2.05) is 54.6 Å². The van der Waals surface area contributed by atoms with Gasteiger partial charge in [-0.3, -0.25) is 4.98 Å². The van der Waals surface area contributed by atoms with Crippen molar-refractivity contribution in [3.05, 3.63) is 72.4 Å². The van der Waals surface area contributed by atoms with Crippen LogP contribution in [0.2, 0.25) is 0 Å². The molecule has 0 unspecified atom stereocenters. The average molecular weight is 335 g/mol. The zero-order valence-corrected chi connectivity index (χ0v) is 13.2. The molecule has 4 rings (SSSR count).